The molecule has 0 aliphatic carbocycles. The van der Waals surface area contributed by atoms with Crippen LogP contribution in [-0.4, -0.2) is 17.6 Å². The van der Waals surface area contributed by atoms with Crippen LogP contribution in [0.5, 0.6) is 5.75 Å². The van der Waals surface area contributed by atoms with Crippen molar-refractivity contribution in [1.82, 2.24) is 0 Å². The van der Waals surface area contributed by atoms with Gasteiger partial charge in [0.05, 0.1) is 18.6 Å². The first-order chi connectivity index (χ1) is 7.91. The number of halogens is 1. The van der Waals surface area contributed by atoms with Crippen molar-refractivity contribution in [3.05, 3.63) is 29.6 Å². The molecule has 0 aromatic heterocycles. The summed E-state index contributed by atoms with van der Waals surface area (Å²) in [4.78, 5) is 10.8. The lowest BCUT2D eigenvalue weighted by molar-refractivity contribution is -0.122. The molecule has 0 radical (unpaired) electrons. The molecule has 0 aliphatic rings. The molecule has 1 unspecified atom stereocenters. The Hall–Kier alpha value is -1.62. The number of benzene rings is 1. The van der Waals surface area contributed by atoms with E-state index in [9.17, 15) is 14.3 Å². The maximum absolute atomic E-state index is 13.0. The highest BCUT2D eigenvalue weighted by atomic mass is 19.1. The van der Waals surface area contributed by atoms with E-state index in [0.29, 0.717) is 11.3 Å². The van der Waals surface area contributed by atoms with E-state index >= 15 is 0 Å². The van der Waals surface area contributed by atoms with Gasteiger partial charge in [-0.1, -0.05) is 6.92 Å². The molecule has 0 saturated heterocycles. The number of rotatable bonds is 5. The molecule has 0 aliphatic heterocycles. The summed E-state index contributed by atoms with van der Waals surface area (Å²) in [7, 11) is 0. The minimum absolute atomic E-state index is 0.0979. The number of nitrogens with two attached hydrogens (primary N) is 1. The zero-order chi connectivity index (χ0) is 13.0. The van der Waals surface area contributed by atoms with Gasteiger partial charge in [-0.05, 0) is 25.1 Å². The monoisotopic (exact) mass is 241 g/mol. The van der Waals surface area contributed by atoms with E-state index in [4.69, 9.17) is 10.5 Å². The molecule has 1 amide bonds. The molecular weight excluding hydrogens is 225 g/mol. The molecule has 0 saturated carbocycles. The summed E-state index contributed by atoms with van der Waals surface area (Å²) in [6, 6.07) is 3.86. The molecule has 0 heterocycles. The number of amides is 1. The predicted octanol–water partition coefficient (Wildman–Crippen LogP) is 1.38. The van der Waals surface area contributed by atoms with Crippen molar-refractivity contribution in [2.45, 2.75) is 20.0 Å². The SMILES string of the molecule is CC(COc1ccc(F)cc1[C@@H](C)O)C(N)=O. The van der Waals surface area contributed by atoms with Crippen LogP contribution >= 0.6 is 0 Å². The van der Waals surface area contributed by atoms with Crippen LogP contribution in [0.4, 0.5) is 4.39 Å². The third-order valence-electron chi connectivity index (χ3n) is 2.40. The summed E-state index contributed by atoms with van der Waals surface area (Å²) >= 11 is 0. The average molecular weight is 241 g/mol. The Labute approximate surface area is 99.2 Å². The van der Waals surface area contributed by atoms with Gasteiger partial charge in [-0.15, -0.1) is 0 Å². The zero-order valence-electron chi connectivity index (χ0n) is 9.81. The highest BCUT2D eigenvalue weighted by molar-refractivity contribution is 5.76. The molecule has 1 aromatic rings. The molecule has 94 valence electrons. The van der Waals surface area contributed by atoms with Gasteiger partial charge in [0.15, 0.2) is 0 Å². The molecule has 1 rings (SSSR count). The van der Waals surface area contributed by atoms with E-state index < -0.39 is 23.7 Å². The van der Waals surface area contributed by atoms with Gasteiger partial charge in [-0.25, -0.2) is 4.39 Å². The fraction of sp³-hybridized carbons (Fsp3) is 0.417. The number of carbonyl (C=O) groups excluding carboxylic acids is 1. The number of carbonyl (C=O) groups is 1. The van der Waals surface area contributed by atoms with Gasteiger partial charge >= 0.3 is 0 Å². The second kappa shape index (κ2) is 5.63. The number of aliphatic hydroxyl groups is 1. The van der Waals surface area contributed by atoms with Crippen molar-refractivity contribution in [1.29, 1.82) is 0 Å². The third kappa shape index (κ3) is 3.71. The van der Waals surface area contributed by atoms with Crippen LogP contribution in [0.3, 0.4) is 0 Å². The molecule has 3 N–H and O–H groups in total. The highest BCUT2D eigenvalue weighted by Gasteiger charge is 2.14. The van der Waals surface area contributed by atoms with E-state index in [0.717, 1.165) is 0 Å². The molecule has 17 heavy (non-hydrogen) atoms. The summed E-state index contributed by atoms with van der Waals surface area (Å²) in [6.45, 7) is 3.24. The Kier molecular flexibility index (Phi) is 4.45. The van der Waals surface area contributed by atoms with Gasteiger partial charge in [-0.2, -0.15) is 0 Å². The van der Waals surface area contributed by atoms with Gasteiger partial charge in [-0.3, -0.25) is 4.79 Å². The van der Waals surface area contributed by atoms with E-state index in [-0.39, 0.29) is 6.61 Å². The number of primary amides is 1. The van der Waals surface area contributed by atoms with Crippen LogP contribution in [0.25, 0.3) is 0 Å². The molecule has 4 nitrogen and oxygen atoms in total. The van der Waals surface area contributed by atoms with Crippen LogP contribution in [-0.2, 0) is 4.79 Å². The molecule has 0 bridgehead atoms. The Morgan fingerprint density at radius 3 is 2.71 bits per heavy atom. The lowest BCUT2D eigenvalue weighted by Crippen LogP contribution is -2.26. The number of hydrogen-bond donors (Lipinski definition) is 2. The third-order valence-corrected chi connectivity index (χ3v) is 2.40. The van der Waals surface area contributed by atoms with Gasteiger partial charge in [0.2, 0.25) is 5.91 Å². The standard InChI is InChI=1S/C12H16FNO3/c1-7(12(14)16)6-17-11-4-3-9(13)5-10(11)8(2)15/h3-5,7-8,15H,6H2,1-2H3,(H2,14,16)/t7?,8-/m1/s1. The van der Waals surface area contributed by atoms with Crippen LogP contribution in [0.2, 0.25) is 0 Å². The van der Waals surface area contributed by atoms with Crippen molar-refractivity contribution < 1.29 is 19.0 Å². The van der Waals surface area contributed by atoms with E-state index in [2.05, 4.69) is 0 Å². The lowest BCUT2D eigenvalue weighted by Gasteiger charge is -2.15. The van der Waals surface area contributed by atoms with Crippen molar-refractivity contribution in [2.24, 2.45) is 11.7 Å². The van der Waals surface area contributed by atoms with Crippen LogP contribution in [0, 0.1) is 11.7 Å². The van der Waals surface area contributed by atoms with E-state index in [1.54, 1.807) is 6.92 Å². The zero-order valence-corrected chi connectivity index (χ0v) is 9.81. The highest BCUT2D eigenvalue weighted by Crippen LogP contribution is 2.26. The van der Waals surface area contributed by atoms with Crippen molar-refractivity contribution in [3.8, 4) is 5.75 Å². The molecular formula is C12H16FNO3. The first-order valence-electron chi connectivity index (χ1n) is 5.31. The molecule has 0 spiro atoms. The lowest BCUT2D eigenvalue weighted by atomic mass is 10.1. The predicted molar refractivity (Wildman–Crippen MR) is 60.9 cm³/mol. The maximum atomic E-state index is 13.0. The molecule has 1 aromatic carbocycles. The Morgan fingerprint density at radius 1 is 1.53 bits per heavy atom. The number of ether oxygens (including phenoxy) is 1. The number of hydrogen-bond acceptors (Lipinski definition) is 3. The minimum Gasteiger partial charge on any atom is -0.492 e. The topological polar surface area (TPSA) is 72.6 Å². The largest absolute Gasteiger partial charge is 0.492 e. The number of aliphatic hydroxyl groups excluding tert-OH is 1. The second-order valence-electron chi connectivity index (χ2n) is 3.97. The van der Waals surface area contributed by atoms with E-state index in [1.165, 1.54) is 25.1 Å². The Morgan fingerprint density at radius 2 is 2.18 bits per heavy atom. The first-order valence-corrected chi connectivity index (χ1v) is 5.31. The molecule has 0 fully saturated rings. The van der Waals surface area contributed by atoms with Crippen LogP contribution in [0.1, 0.15) is 25.5 Å². The maximum Gasteiger partial charge on any atom is 0.223 e. The van der Waals surface area contributed by atoms with Crippen LogP contribution in [0.15, 0.2) is 18.2 Å². The molecule has 5 heteroatoms. The summed E-state index contributed by atoms with van der Waals surface area (Å²) in [6.07, 6.45) is -0.843. The van der Waals surface area contributed by atoms with Gasteiger partial charge in [0, 0.05) is 5.56 Å². The average Bonchev–Trinajstić information content (AvgIpc) is 2.26. The summed E-state index contributed by atoms with van der Waals surface area (Å²) in [5, 5.41) is 9.47. The minimum atomic E-state index is -0.843. The van der Waals surface area contributed by atoms with E-state index in [1.807, 2.05) is 0 Å². The molecule has 2 atom stereocenters. The quantitative estimate of drug-likeness (QED) is 0.818. The summed E-state index contributed by atoms with van der Waals surface area (Å²) in [5.41, 5.74) is 5.44. The van der Waals surface area contributed by atoms with Crippen molar-refractivity contribution in [2.75, 3.05) is 6.61 Å². The van der Waals surface area contributed by atoms with Gasteiger partial charge < -0.3 is 15.6 Å². The van der Waals surface area contributed by atoms with Gasteiger partial charge in [0.1, 0.15) is 11.6 Å². The van der Waals surface area contributed by atoms with Crippen LogP contribution < -0.4 is 10.5 Å². The fourth-order valence-electron chi connectivity index (χ4n) is 1.27. The second-order valence-corrected chi connectivity index (χ2v) is 3.97. The normalized spacial score (nSPS) is 14.1. The van der Waals surface area contributed by atoms with Gasteiger partial charge in [0.25, 0.3) is 0 Å². The first kappa shape index (κ1) is 13.4. The Bertz CT molecular complexity index is 407. The van der Waals surface area contributed by atoms with Crippen molar-refractivity contribution >= 4 is 5.91 Å². The Balaban J connectivity index is 2.80. The van der Waals surface area contributed by atoms with Crippen molar-refractivity contribution in [3.63, 3.8) is 0 Å². The summed E-state index contributed by atoms with van der Waals surface area (Å²) in [5.74, 6) is -1.00. The summed E-state index contributed by atoms with van der Waals surface area (Å²) < 4.78 is 18.3. The fourth-order valence-corrected chi connectivity index (χ4v) is 1.27. The smallest absolute Gasteiger partial charge is 0.223 e.